The van der Waals surface area contributed by atoms with E-state index in [1.807, 2.05) is 24.6 Å². The Morgan fingerprint density at radius 1 is 1.16 bits per heavy atom. The van der Waals surface area contributed by atoms with Crippen molar-refractivity contribution in [3.05, 3.63) is 64.7 Å². The van der Waals surface area contributed by atoms with Crippen molar-refractivity contribution in [2.24, 2.45) is 4.99 Å². The van der Waals surface area contributed by atoms with Gasteiger partial charge in [0.2, 0.25) is 5.95 Å². The number of aliphatic imine (C=N–C) groups is 1. The minimum absolute atomic E-state index is 0.107. The first-order chi connectivity index (χ1) is 15.5. The maximum absolute atomic E-state index is 13.6. The van der Waals surface area contributed by atoms with Crippen molar-refractivity contribution in [1.29, 1.82) is 0 Å². The molecule has 1 saturated heterocycles. The van der Waals surface area contributed by atoms with Gasteiger partial charge in [-0.15, -0.1) is 0 Å². The number of aromatic amines is 1. The Bertz CT molecular complexity index is 1210. The predicted octanol–water partition coefficient (Wildman–Crippen LogP) is 5.95. The summed E-state index contributed by atoms with van der Waals surface area (Å²) in [5.41, 5.74) is 4.99. The van der Waals surface area contributed by atoms with Gasteiger partial charge in [0, 0.05) is 31.1 Å². The number of nitrogens with zero attached hydrogens (tertiary/aromatic N) is 4. The number of benzene rings is 1. The summed E-state index contributed by atoms with van der Waals surface area (Å²) in [5.74, 6) is 0.347. The summed E-state index contributed by atoms with van der Waals surface area (Å²) in [6.07, 6.45) is 10.9. The fraction of sp³-hybridized carbons (Fsp3) is 0.320. The number of aryl methyl sites for hydroxylation is 1. The van der Waals surface area contributed by atoms with Crippen LogP contribution in [0.2, 0.25) is 5.02 Å². The lowest BCUT2D eigenvalue weighted by Crippen LogP contribution is -2.25. The summed E-state index contributed by atoms with van der Waals surface area (Å²) in [4.78, 5) is 20.4. The van der Waals surface area contributed by atoms with Gasteiger partial charge in [0.25, 0.3) is 0 Å². The van der Waals surface area contributed by atoms with Crippen LogP contribution in [0.1, 0.15) is 37.9 Å². The predicted molar refractivity (Wildman–Crippen MR) is 128 cm³/mol. The monoisotopic (exact) mass is 449 g/mol. The zero-order valence-corrected chi connectivity index (χ0v) is 19.0. The van der Waals surface area contributed by atoms with Crippen molar-refractivity contribution in [2.75, 3.05) is 18.0 Å². The minimum atomic E-state index is -0.519. The fourth-order valence-corrected chi connectivity index (χ4v) is 4.71. The molecule has 2 aliphatic heterocycles. The van der Waals surface area contributed by atoms with Crippen LogP contribution in [0, 0.1) is 5.82 Å². The first-order valence-electron chi connectivity index (χ1n) is 11.0. The number of hydrogen-bond acceptors (Lipinski definition) is 4. The van der Waals surface area contributed by atoms with Crippen LogP contribution in [-0.4, -0.2) is 34.3 Å². The number of aromatic nitrogens is 3. The number of rotatable bonds is 5. The molecule has 4 heterocycles. The molecule has 5 nitrogen and oxygen atoms in total. The molecule has 3 aromatic rings. The molecule has 32 heavy (non-hydrogen) atoms. The molecule has 0 amide bonds. The Hall–Kier alpha value is -2.99. The lowest BCUT2D eigenvalue weighted by atomic mass is 9.88. The van der Waals surface area contributed by atoms with Crippen molar-refractivity contribution in [3.8, 4) is 22.5 Å². The molecule has 0 spiro atoms. The number of halogens is 2. The Morgan fingerprint density at radius 3 is 2.66 bits per heavy atom. The van der Waals surface area contributed by atoms with E-state index in [4.69, 9.17) is 26.6 Å². The van der Waals surface area contributed by atoms with Crippen molar-refractivity contribution in [3.63, 3.8) is 0 Å². The summed E-state index contributed by atoms with van der Waals surface area (Å²) >= 11 is 6.02. The Balaban J connectivity index is 1.67. The van der Waals surface area contributed by atoms with Gasteiger partial charge in [0.05, 0.1) is 22.1 Å². The number of nitrogens with one attached hydrogen (secondary N) is 1. The van der Waals surface area contributed by atoms with Crippen LogP contribution in [0.25, 0.3) is 22.5 Å². The third kappa shape index (κ3) is 3.62. The minimum Gasteiger partial charge on any atom is -0.359 e. The SMILES string of the molecule is CCc1nc(N2CCCC2)nc(-c2cc(-c3ccc(F)c(Cl)c3)c[nH]2)c1C1(C)C=CC=N1. The van der Waals surface area contributed by atoms with E-state index in [2.05, 4.69) is 29.8 Å². The van der Waals surface area contributed by atoms with E-state index < -0.39 is 11.4 Å². The van der Waals surface area contributed by atoms with Gasteiger partial charge in [-0.1, -0.05) is 30.7 Å². The number of hydrogen-bond donors (Lipinski definition) is 1. The van der Waals surface area contributed by atoms with E-state index >= 15 is 0 Å². The maximum atomic E-state index is 13.6. The largest absolute Gasteiger partial charge is 0.359 e. The summed E-state index contributed by atoms with van der Waals surface area (Å²) < 4.78 is 13.6. The molecule has 0 saturated carbocycles. The van der Waals surface area contributed by atoms with Crippen LogP contribution in [-0.2, 0) is 12.0 Å². The summed E-state index contributed by atoms with van der Waals surface area (Å²) in [6, 6.07) is 6.80. The van der Waals surface area contributed by atoms with Crippen LogP contribution >= 0.6 is 11.6 Å². The molecule has 1 atom stereocenters. The average molecular weight is 450 g/mol. The Kier molecular flexibility index (Phi) is 5.33. The third-order valence-electron chi connectivity index (χ3n) is 6.24. The Labute approximate surface area is 192 Å². The van der Waals surface area contributed by atoms with Gasteiger partial charge in [-0.25, -0.2) is 14.4 Å². The van der Waals surface area contributed by atoms with Gasteiger partial charge in [-0.2, -0.15) is 0 Å². The molecule has 0 bridgehead atoms. The van der Waals surface area contributed by atoms with Gasteiger partial charge < -0.3 is 9.88 Å². The molecule has 1 N–H and O–H groups in total. The van der Waals surface area contributed by atoms with E-state index in [-0.39, 0.29) is 5.02 Å². The van der Waals surface area contributed by atoms with E-state index in [0.717, 1.165) is 72.1 Å². The van der Waals surface area contributed by atoms with Crippen molar-refractivity contribution < 1.29 is 4.39 Å². The normalized spacial score (nSPS) is 19.9. The molecule has 5 rings (SSSR count). The van der Waals surface area contributed by atoms with E-state index in [1.54, 1.807) is 12.1 Å². The molecular formula is C25H25ClFN5. The zero-order chi connectivity index (χ0) is 22.3. The number of allylic oxidation sites excluding steroid dienone is 1. The van der Waals surface area contributed by atoms with Crippen LogP contribution < -0.4 is 4.90 Å². The first-order valence-corrected chi connectivity index (χ1v) is 11.4. The summed E-state index contributed by atoms with van der Waals surface area (Å²) in [6.45, 7) is 6.16. The third-order valence-corrected chi connectivity index (χ3v) is 6.53. The average Bonchev–Trinajstić information content (AvgIpc) is 3.57. The van der Waals surface area contributed by atoms with Gasteiger partial charge >= 0.3 is 0 Å². The number of H-pyrrole nitrogens is 1. The van der Waals surface area contributed by atoms with Crippen molar-refractivity contribution in [2.45, 2.75) is 38.6 Å². The maximum Gasteiger partial charge on any atom is 0.226 e. The molecule has 1 aromatic carbocycles. The quantitative estimate of drug-likeness (QED) is 0.523. The highest BCUT2D eigenvalue weighted by Gasteiger charge is 2.33. The highest BCUT2D eigenvalue weighted by Crippen LogP contribution is 2.40. The standard InChI is InChI=1S/C25H25ClFN5/c1-3-20-22(25(2)9-6-10-29-25)23(31-24(30-20)32-11-4-5-12-32)21-14-17(15-28-21)16-7-8-19(27)18(26)13-16/h6-10,13-15,28H,3-5,11-12H2,1-2H3. The summed E-state index contributed by atoms with van der Waals surface area (Å²) in [7, 11) is 0. The molecule has 164 valence electrons. The van der Waals surface area contributed by atoms with Gasteiger partial charge in [-0.3, -0.25) is 4.99 Å². The van der Waals surface area contributed by atoms with Crippen LogP contribution in [0.15, 0.2) is 47.6 Å². The first kappa shape index (κ1) is 20.9. The molecule has 1 fully saturated rings. The fourth-order valence-electron chi connectivity index (χ4n) is 4.53. The smallest absolute Gasteiger partial charge is 0.226 e. The van der Waals surface area contributed by atoms with Gasteiger partial charge in [0.1, 0.15) is 11.4 Å². The van der Waals surface area contributed by atoms with Gasteiger partial charge in [0.15, 0.2) is 0 Å². The molecule has 0 aliphatic carbocycles. The second-order valence-electron chi connectivity index (χ2n) is 8.46. The number of anilines is 1. The van der Waals surface area contributed by atoms with E-state index in [1.165, 1.54) is 6.07 Å². The molecule has 7 heteroatoms. The highest BCUT2D eigenvalue weighted by molar-refractivity contribution is 6.31. The second-order valence-corrected chi connectivity index (χ2v) is 8.86. The van der Waals surface area contributed by atoms with Crippen LogP contribution in [0.4, 0.5) is 10.3 Å². The molecule has 2 aliphatic rings. The van der Waals surface area contributed by atoms with Crippen molar-refractivity contribution in [1.82, 2.24) is 15.0 Å². The molecular weight excluding hydrogens is 425 g/mol. The lowest BCUT2D eigenvalue weighted by Gasteiger charge is -2.26. The summed E-state index contributed by atoms with van der Waals surface area (Å²) in [5, 5.41) is 0.107. The lowest BCUT2D eigenvalue weighted by molar-refractivity contribution is 0.628. The Morgan fingerprint density at radius 2 is 1.97 bits per heavy atom. The molecule has 0 radical (unpaired) electrons. The van der Waals surface area contributed by atoms with Crippen molar-refractivity contribution >= 4 is 23.8 Å². The van der Waals surface area contributed by atoms with E-state index in [0.29, 0.717) is 0 Å². The zero-order valence-electron chi connectivity index (χ0n) is 18.2. The van der Waals surface area contributed by atoms with E-state index in [9.17, 15) is 4.39 Å². The van der Waals surface area contributed by atoms with Crippen LogP contribution in [0.5, 0.6) is 0 Å². The van der Waals surface area contributed by atoms with Gasteiger partial charge in [-0.05, 0) is 61.6 Å². The molecule has 1 unspecified atom stereocenters. The second kappa shape index (κ2) is 8.17. The topological polar surface area (TPSA) is 57.2 Å². The highest BCUT2D eigenvalue weighted by atomic mass is 35.5. The molecule has 2 aromatic heterocycles. The van der Waals surface area contributed by atoms with Crippen LogP contribution in [0.3, 0.4) is 0 Å².